The minimum absolute atomic E-state index is 0.0297. The maximum Gasteiger partial charge on any atom is 0.292 e. The van der Waals surface area contributed by atoms with Gasteiger partial charge in [-0.25, -0.2) is 0 Å². The average Bonchev–Trinajstić information content (AvgIpc) is 2.98. The van der Waals surface area contributed by atoms with Crippen LogP contribution >= 0.6 is 11.3 Å². The van der Waals surface area contributed by atoms with E-state index in [-0.39, 0.29) is 18.3 Å². The largest absolute Gasteiger partial charge is 0.392 e. The highest BCUT2D eigenvalue weighted by atomic mass is 32.1. The lowest BCUT2D eigenvalue weighted by Crippen LogP contribution is -2.31. The van der Waals surface area contributed by atoms with Crippen molar-refractivity contribution in [2.45, 2.75) is 26.0 Å². The Morgan fingerprint density at radius 1 is 1.43 bits per heavy atom. The molecule has 1 aromatic heterocycles. The van der Waals surface area contributed by atoms with Gasteiger partial charge in [-0.3, -0.25) is 10.1 Å². The van der Waals surface area contributed by atoms with Crippen molar-refractivity contribution in [3.63, 3.8) is 0 Å². The summed E-state index contributed by atoms with van der Waals surface area (Å²) in [4.78, 5) is 14.0. The van der Waals surface area contributed by atoms with Crippen molar-refractivity contribution in [1.82, 2.24) is 0 Å². The van der Waals surface area contributed by atoms with Gasteiger partial charge in [0.25, 0.3) is 5.69 Å². The Kier molecular flexibility index (Phi) is 4.93. The van der Waals surface area contributed by atoms with Gasteiger partial charge in [-0.1, -0.05) is 12.1 Å². The standard InChI is InChI=1S/C15H18N2O3S/c1-11(8-13-4-3-7-21-13)16(2)14-6-5-12(10-18)9-15(14)17(19)20/h3-7,9,11,18H,8,10H2,1-2H3. The molecule has 0 spiro atoms. The van der Waals surface area contributed by atoms with E-state index in [1.54, 1.807) is 23.5 Å². The molecule has 0 aliphatic rings. The Morgan fingerprint density at radius 3 is 2.76 bits per heavy atom. The molecule has 2 aromatic rings. The van der Waals surface area contributed by atoms with Crippen LogP contribution in [0.15, 0.2) is 35.7 Å². The molecule has 0 amide bonds. The molecular formula is C15H18N2O3S. The zero-order valence-corrected chi connectivity index (χ0v) is 12.8. The first kappa shape index (κ1) is 15.5. The van der Waals surface area contributed by atoms with Gasteiger partial charge in [0.2, 0.25) is 0 Å². The highest BCUT2D eigenvalue weighted by Crippen LogP contribution is 2.30. The molecule has 1 atom stereocenters. The minimum atomic E-state index is -0.400. The van der Waals surface area contributed by atoms with Crippen LogP contribution in [0.3, 0.4) is 0 Å². The summed E-state index contributed by atoms with van der Waals surface area (Å²) in [6.07, 6.45) is 0.840. The van der Waals surface area contributed by atoms with Gasteiger partial charge in [-0.15, -0.1) is 11.3 Å². The molecule has 2 rings (SSSR count). The molecule has 0 aliphatic heterocycles. The third-order valence-corrected chi connectivity index (χ3v) is 4.44. The molecule has 1 unspecified atom stereocenters. The molecule has 1 N–H and O–H groups in total. The second kappa shape index (κ2) is 6.69. The molecular weight excluding hydrogens is 288 g/mol. The fourth-order valence-corrected chi connectivity index (χ4v) is 3.03. The summed E-state index contributed by atoms with van der Waals surface area (Å²) < 4.78 is 0. The van der Waals surface area contributed by atoms with E-state index < -0.39 is 4.92 Å². The van der Waals surface area contributed by atoms with Crippen molar-refractivity contribution >= 4 is 22.7 Å². The maximum atomic E-state index is 11.2. The Morgan fingerprint density at radius 2 is 2.19 bits per heavy atom. The summed E-state index contributed by atoms with van der Waals surface area (Å²) in [5, 5.41) is 22.4. The van der Waals surface area contributed by atoms with E-state index in [4.69, 9.17) is 5.11 Å². The van der Waals surface area contributed by atoms with Crippen LogP contribution in [0.2, 0.25) is 0 Å². The molecule has 1 heterocycles. The van der Waals surface area contributed by atoms with Crippen molar-refractivity contribution in [3.05, 3.63) is 56.3 Å². The zero-order valence-electron chi connectivity index (χ0n) is 12.0. The molecule has 0 bridgehead atoms. The molecule has 6 heteroatoms. The van der Waals surface area contributed by atoms with Crippen molar-refractivity contribution < 1.29 is 10.0 Å². The number of nitro benzene ring substituents is 1. The normalized spacial score (nSPS) is 12.1. The van der Waals surface area contributed by atoms with Gasteiger partial charge in [0, 0.05) is 30.5 Å². The number of hydrogen-bond acceptors (Lipinski definition) is 5. The van der Waals surface area contributed by atoms with E-state index in [1.807, 2.05) is 30.3 Å². The minimum Gasteiger partial charge on any atom is -0.392 e. The van der Waals surface area contributed by atoms with Gasteiger partial charge in [-0.2, -0.15) is 0 Å². The molecule has 5 nitrogen and oxygen atoms in total. The van der Waals surface area contributed by atoms with Crippen LogP contribution in [0.25, 0.3) is 0 Å². The van der Waals surface area contributed by atoms with E-state index in [2.05, 4.69) is 6.07 Å². The van der Waals surface area contributed by atoms with E-state index in [9.17, 15) is 10.1 Å². The fraction of sp³-hybridized carbons (Fsp3) is 0.333. The molecule has 112 valence electrons. The molecule has 21 heavy (non-hydrogen) atoms. The van der Waals surface area contributed by atoms with Crippen LogP contribution in [-0.4, -0.2) is 23.1 Å². The first-order valence-electron chi connectivity index (χ1n) is 6.66. The second-order valence-corrected chi connectivity index (χ2v) is 6.01. The summed E-state index contributed by atoms with van der Waals surface area (Å²) >= 11 is 1.69. The quantitative estimate of drug-likeness (QED) is 0.657. The first-order valence-corrected chi connectivity index (χ1v) is 7.54. The van der Waals surface area contributed by atoms with E-state index in [1.165, 1.54) is 10.9 Å². The van der Waals surface area contributed by atoms with Crippen LogP contribution in [0.1, 0.15) is 17.4 Å². The van der Waals surface area contributed by atoms with Gasteiger partial charge in [0.15, 0.2) is 0 Å². The van der Waals surface area contributed by atoms with Crippen molar-refractivity contribution in [1.29, 1.82) is 0 Å². The van der Waals surface area contributed by atoms with Crippen LogP contribution < -0.4 is 4.90 Å². The lowest BCUT2D eigenvalue weighted by atomic mass is 10.1. The van der Waals surface area contributed by atoms with E-state index >= 15 is 0 Å². The summed E-state index contributed by atoms with van der Waals surface area (Å²) in [7, 11) is 1.86. The molecule has 1 aromatic carbocycles. The first-order chi connectivity index (χ1) is 10.0. The van der Waals surface area contributed by atoms with Crippen molar-refractivity contribution in [3.8, 4) is 0 Å². The molecule has 0 aliphatic carbocycles. The predicted molar refractivity (Wildman–Crippen MR) is 84.9 cm³/mol. The summed E-state index contributed by atoms with van der Waals surface area (Å²) in [6.45, 7) is 1.85. The highest BCUT2D eigenvalue weighted by Gasteiger charge is 2.21. The number of benzene rings is 1. The monoisotopic (exact) mass is 306 g/mol. The number of anilines is 1. The number of likely N-dealkylation sites (N-methyl/N-ethyl adjacent to an activating group) is 1. The van der Waals surface area contributed by atoms with Gasteiger partial charge in [0.1, 0.15) is 5.69 Å². The summed E-state index contributed by atoms with van der Waals surface area (Å²) in [5.41, 5.74) is 1.15. The average molecular weight is 306 g/mol. The second-order valence-electron chi connectivity index (χ2n) is 4.98. The maximum absolute atomic E-state index is 11.2. The lowest BCUT2D eigenvalue weighted by molar-refractivity contribution is -0.384. The molecule has 0 saturated heterocycles. The predicted octanol–water partition coefficient (Wildman–Crippen LogP) is 3.22. The SMILES string of the molecule is CC(Cc1cccs1)N(C)c1ccc(CO)cc1[N+](=O)[O-]. The van der Waals surface area contributed by atoms with E-state index in [0.29, 0.717) is 11.3 Å². The van der Waals surface area contributed by atoms with Crippen LogP contribution in [0.4, 0.5) is 11.4 Å². The summed E-state index contributed by atoms with van der Waals surface area (Å²) in [5.74, 6) is 0. The summed E-state index contributed by atoms with van der Waals surface area (Å²) in [6, 6.07) is 9.07. The van der Waals surface area contributed by atoms with Gasteiger partial charge in [0.05, 0.1) is 11.5 Å². The number of rotatable bonds is 6. The van der Waals surface area contributed by atoms with Crippen LogP contribution in [-0.2, 0) is 13.0 Å². The molecule has 0 fully saturated rings. The number of thiophene rings is 1. The lowest BCUT2D eigenvalue weighted by Gasteiger charge is -2.26. The highest BCUT2D eigenvalue weighted by molar-refractivity contribution is 7.09. The number of nitro groups is 1. The Bertz CT molecular complexity index is 613. The number of aliphatic hydroxyl groups excluding tert-OH is 1. The van der Waals surface area contributed by atoms with Gasteiger partial charge >= 0.3 is 0 Å². The smallest absolute Gasteiger partial charge is 0.292 e. The van der Waals surface area contributed by atoms with E-state index in [0.717, 1.165) is 6.42 Å². The topological polar surface area (TPSA) is 66.6 Å². The van der Waals surface area contributed by atoms with Crippen molar-refractivity contribution in [2.24, 2.45) is 0 Å². The molecule has 0 saturated carbocycles. The van der Waals surface area contributed by atoms with Crippen LogP contribution in [0.5, 0.6) is 0 Å². The van der Waals surface area contributed by atoms with Crippen LogP contribution in [0, 0.1) is 10.1 Å². The van der Waals surface area contributed by atoms with Gasteiger partial charge in [-0.05, 0) is 30.0 Å². The Balaban J connectivity index is 2.25. The number of nitrogens with zero attached hydrogens (tertiary/aromatic N) is 2. The van der Waals surface area contributed by atoms with Gasteiger partial charge < -0.3 is 10.0 Å². The Labute approximate surface area is 127 Å². The third kappa shape index (κ3) is 3.59. The zero-order chi connectivity index (χ0) is 15.4. The number of aliphatic hydroxyl groups is 1. The number of hydrogen-bond donors (Lipinski definition) is 1. The van der Waals surface area contributed by atoms with Crippen molar-refractivity contribution in [2.75, 3.05) is 11.9 Å². The Hall–Kier alpha value is -1.92. The fourth-order valence-electron chi connectivity index (χ4n) is 2.21. The molecule has 0 radical (unpaired) electrons. The third-order valence-electron chi connectivity index (χ3n) is 3.54.